The highest BCUT2D eigenvalue weighted by Gasteiger charge is 2.37. The fraction of sp³-hybridized carbons (Fsp3) is 0.625. The summed E-state index contributed by atoms with van der Waals surface area (Å²) in [5, 5.41) is 0. The predicted molar refractivity (Wildman–Crippen MR) is 38.5 cm³/mol. The zero-order valence-corrected chi connectivity index (χ0v) is 5.97. The maximum absolute atomic E-state index is 10.9. The molecule has 0 saturated carbocycles. The summed E-state index contributed by atoms with van der Waals surface area (Å²) >= 11 is 0. The fourth-order valence-electron chi connectivity index (χ4n) is 1.69. The Balaban J connectivity index is 2.07. The van der Waals surface area contributed by atoms with E-state index in [1.54, 1.807) is 0 Å². The van der Waals surface area contributed by atoms with Crippen molar-refractivity contribution < 1.29 is 4.79 Å². The van der Waals surface area contributed by atoms with Gasteiger partial charge in [-0.3, -0.25) is 4.79 Å². The quantitative estimate of drug-likeness (QED) is 0.359. The van der Waals surface area contributed by atoms with Crippen LogP contribution in [-0.4, -0.2) is 23.4 Å². The van der Waals surface area contributed by atoms with Crippen molar-refractivity contribution in [3.05, 3.63) is 12.2 Å². The van der Waals surface area contributed by atoms with Crippen LogP contribution in [0, 0.1) is 0 Å². The van der Waals surface area contributed by atoms with E-state index in [-0.39, 0.29) is 0 Å². The van der Waals surface area contributed by atoms with Crippen LogP contribution in [0.2, 0.25) is 0 Å². The van der Waals surface area contributed by atoms with E-state index in [0.717, 1.165) is 25.8 Å². The number of carbonyl (C=O) groups excluding carboxylic acids is 1. The first kappa shape index (κ1) is 5.96. The van der Waals surface area contributed by atoms with Gasteiger partial charge in [0.15, 0.2) is 0 Å². The average molecular weight is 137 g/mol. The second kappa shape index (κ2) is 1.84. The molecule has 0 spiro atoms. The van der Waals surface area contributed by atoms with E-state index in [2.05, 4.69) is 6.58 Å². The minimum absolute atomic E-state index is 0.311. The standard InChI is InChI=1S/C8H11NO/c1-6-2-3-7-4-8(10)9(7)5-6/h7H,1-5H2. The molecule has 0 aliphatic carbocycles. The van der Waals surface area contributed by atoms with Crippen molar-refractivity contribution in [2.24, 2.45) is 0 Å². The van der Waals surface area contributed by atoms with E-state index in [1.165, 1.54) is 5.57 Å². The molecule has 2 fully saturated rings. The Labute approximate surface area is 60.5 Å². The van der Waals surface area contributed by atoms with Gasteiger partial charge in [-0.05, 0) is 12.8 Å². The molecule has 2 aliphatic heterocycles. The molecule has 1 atom stereocenters. The van der Waals surface area contributed by atoms with Gasteiger partial charge in [-0.2, -0.15) is 0 Å². The van der Waals surface area contributed by atoms with E-state index in [0.29, 0.717) is 11.9 Å². The lowest BCUT2D eigenvalue weighted by Crippen LogP contribution is -2.55. The minimum Gasteiger partial charge on any atom is -0.335 e. The van der Waals surface area contributed by atoms with Crippen molar-refractivity contribution in [1.29, 1.82) is 0 Å². The van der Waals surface area contributed by atoms with Crippen LogP contribution in [0.1, 0.15) is 19.3 Å². The summed E-state index contributed by atoms with van der Waals surface area (Å²) in [6.07, 6.45) is 3.05. The molecule has 0 aromatic carbocycles. The lowest BCUT2D eigenvalue weighted by molar-refractivity contribution is -0.146. The number of piperidine rings is 1. The van der Waals surface area contributed by atoms with Crippen molar-refractivity contribution in [3.8, 4) is 0 Å². The van der Waals surface area contributed by atoms with Crippen molar-refractivity contribution in [3.63, 3.8) is 0 Å². The van der Waals surface area contributed by atoms with Crippen molar-refractivity contribution in [2.45, 2.75) is 25.3 Å². The van der Waals surface area contributed by atoms with Gasteiger partial charge in [0.1, 0.15) is 0 Å². The van der Waals surface area contributed by atoms with Gasteiger partial charge in [0.2, 0.25) is 5.91 Å². The SMILES string of the molecule is C=C1CCC2CC(=O)N2C1. The molecule has 2 heterocycles. The lowest BCUT2D eigenvalue weighted by Gasteiger charge is -2.44. The van der Waals surface area contributed by atoms with Crippen LogP contribution < -0.4 is 0 Å². The summed E-state index contributed by atoms with van der Waals surface area (Å²) in [7, 11) is 0. The second-order valence-electron chi connectivity index (χ2n) is 3.17. The number of carbonyl (C=O) groups is 1. The lowest BCUT2D eigenvalue weighted by atomic mass is 9.89. The largest absolute Gasteiger partial charge is 0.335 e. The predicted octanol–water partition coefficient (Wildman–Crippen LogP) is 0.937. The van der Waals surface area contributed by atoms with Crippen LogP contribution in [0.4, 0.5) is 0 Å². The highest BCUT2D eigenvalue weighted by molar-refractivity contribution is 5.83. The number of β-lactam (4-membered cyclic amide) rings is 1. The third-order valence-electron chi connectivity index (χ3n) is 2.40. The van der Waals surface area contributed by atoms with Crippen LogP contribution in [0.3, 0.4) is 0 Å². The van der Waals surface area contributed by atoms with Gasteiger partial charge in [0, 0.05) is 19.0 Å². The van der Waals surface area contributed by atoms with Gasteiger partial charge in [-0.15, -0.1) is 0 Å². The first-order chi connectivity index (χ1) is 4.77. The molecule has 2 heteroatoms. The number of hydrogen-bond donors (Lipinski definition) is 0. The number of fused-ring (bicyclic) bond motifs is 1. The van der Waals surface area contributed by atoms with E-state index in [1.807, 2.05) is 4.90 Å². The first-order valence-corrected chi connectivity index (χ1v) is 3.73. The molecule has 0 N–H and O–H groups in total. The average Bonchev–Trinajstić information content (AvgIpc) is 1.92. The van der Waals surface area contributed by atoms with Crippen molar-refractivity contribution >= 4 is 5.91 Å². The van der Waals surface area contributed by atoms with E-state index in [4.69, 9.17) is 0 Å². The third kappa shape index (κ3) is 0.681. The number of hydrogen-bond acceptors (Lipinski definition) is 1. The number of rotatable bonds is 0. The van der Waals surface area contributed by atoms with Crippen LogP contribution >= 0.6 is 0 Å². The molecule has 10 heavy (non-hydrogen) atoms. The molecule has 2 saturated heterocycles. The Hall–Kier alpha value is -0.790. The molecule has 1 amide bonds. The Kier molecular flexibility index (Phi) is 1.10. The molecule has 0 radical (unpaired) electrons. The maximum atomic E-state index is 10.9. The molecule has 2 rings (SSSR count). The van der Waals surface area contributed by atoms with Gasteiger partial charge in [0.05, 0.1) is 0 Å². The summed E-state index contributed by atoms with van der Waals surface area (Å²) in [6, 6.07) is 0.568. The highest BCUT2D eigenvalue weighted by Crippen LogP contribution is 2.30. The van der Waals surface area contributed by atoms with Crippen LogP contribution in [0.25, 0.3) is 0 Å². The molecular formula is C8H11NO. The fourth-order valence-corrected chi connectivity index (χ4v) is 1.69. The Morgan fingerprint density at radius 3 is 3.00 bits per heavy atom. The Morgan fingerprint density at radius 1 is 1.60 bits per heavy atom. The topological polar surface area (TPSA) is 20.3 Å². The van der Waals surface area contributed by atoms with Crippen molar-refractivity contribution in [2.75, 3.05) is 6.54 Å². The van der Waals surface area contributed by atoms with E-state index >= 15 is 0 Å². The molecular weight excluding hydrogens is 126 g/mol. The normalized spacial score (nSPS) is 31.6. The summed E-state index contributed by atoms with van der Waals surface area (Å²) < 4.78 is 0. The molecule has 1 unspecified atom stereocenters. The van der Waals surface area contributed by atoms with E-state index < -0.39 is 0 Å². The zero-order valence-electron chi connectivity index (χ0n) is 5.97. The molecule has 54 valence electrons. The summed E-state index contributed by atoms with van der Waals surface area (Å²) in [5.74, 6) is 0.311. The summed E-state index contributed by atoms with van der Waals surface area (Å²) in [6.45, 7) is 4.70. The monoisotopic (exact) mass is 137 g/mol. The van der Waals surface area contributed by atoms with Gasteiger partial charge in [-0.1, -0.05) is 12.2 Å². The Morgan fingerprint density at radius 2 is 2.40 bits per heavy atom. The first-order valence-electron chi connectivity index (χ1n) is 3.73. The van der Waals surface area contributed by atoms with E-state index in [9.17, 15) is 4.79 Å². The van der Waals surface area contributed by atoms with Crippen LogP contribution in [0.15, 0.2) is 12.2 Å². The Bertz CT molecular complexity index is 191. The second-order valence-corrected chi connectivity index (χ2v) is 3.17. The van der Waals surface area contributed by atoms with Crippen molar-refractivity contribution in [1.82, 2.24) is 4.90 Å². The highest BCUT2D eigenvalue weighted by atomic mass is 16.2. The molecule has 0 aromatic rings. The minimum atomic E-state index is 0.311. The third-order valence-corrected chi connectivity index (χ3v) is 2.40. The number of nitrogens with zero attached hydrogens (tertiary/aromatic N) is 1. The molecule has 0 bridgehead atoms. The van der Waals surface area contributed by atoms with Gasteiger partial charge >= 0.3 is 0 Å². The number of amides is 1. The molecule has 0 aromatic heterocycles. The van der Waals surface area contributed by atoms with Gasteiger partial charge in [0.25, 0.3) is 0 Å². The smallest absolute Gasteiger partial charge is 0.225 e. The van der Waals surface area contributed by atoms with Gasteiger partial charge in [-0.25, -0.2) is 0 Å². The van der Waals surface area contributed by atoms with Gasteiger partial charge < -0.3 is 4.90 Å². The maximum Gasteiger partial charge on any atom is 0.225 e. The molecule has 2 aliphatic rings. The van der Waals surface area contributed by atoms with Crippen LogP contribution in [0.5, 0.6) is 0 Å². The zero-order chi connectivity index (χ0) is 7.14. The summed E-state index contributed by atoms with van der Waals surface area (Å²) in [5.41, 5.74) is 1.21. The summed E-state index contributed by atoms with van der Waals surface area (Å²) in [4.78, 5) is 12.8. The molecule has 2 nitrogen and oxygen atoms in total. The van der Waals surface area contributed by atoms with Crippen LogP contribution in [-0.2, 0) is 4.79 Å².